The van der Waals surface area contributed by atoms with Crippen LogP contribution in [-0.4, -0.2) is 6.61 Å². The first kappa shape index (κ1) is 18.8. The lowest BCUT2D eigenvalue weighted by molar-refractivity contribution is 0.305. The lowest BCUT2D eigenvalue weighted by Gasteiger charge is -2.05. The zero-order chi connectivity index (χ0) is 18.7. The van der Waals surface area contributed by atoms with Gasteiger partial charge in [0.15, 0.2) is 0 Å². The molecule has 0 saturated heterocycles. The highest BCUT2D eigenvalue weighted by Crippen LogP contribution is 2.25. The number of rotatable bonds is 9. The van der Waals surface area contributed by atoms with Crippen LogP contribution in [0.3, 0.4) is 0 Å². The van der Waals surface area contributed by atoms with Gasteiger partial charge in [-0.3, -0.25) is 0 Å². The molecule has 0 aliphatic heterocycles. The Balaban J connectivity index is 1.53. The summed E-state index contributed by atoms with van der Waals surface area (Å²) in [5.74, 6) is 0.887. The minimum Gasteiger partial charge on any atom is -0.494 e. The second-order valence-corrected chi connectivity index (χ2v) is 6.52. The number of unbranched alkanes of at least 4 members (excludes halogenated alkanes) is 3. The van der Waals surface area contributed by atoms with Gasteiger partial charge in [0.05, 0.1) is 18.0 Å². The standard InChI is InChI=1S/C24H26N2O/c1-2-3-4-8-19-27-24-17-15-23(16-18-24)26-25-22-13-11-21(12-14-22)20-9-6-5-7-10-20/h5-7,9-18H,2-4,8,19H2,1H3/b26-25+. The van der Waals surface area contributed by atoms with Crippen molar-refractivity contribution in [1.29, 1.82) is 0 Å². The molecule has 0 atom stereocenters. The molecular formula is C24H26N2O. The molecular weight excluding hydrogens is 332 g/mol. The first-order valence-corrected chi connectivity index (χ1v) is 9.65. The normalized spacial score (nSPS) is 11.0. The molecule has 3 aromatic rings. The molecule has 0 spiro atoms. The van der Waals surface area contributed by atoms with Crippen LogP contribution in [0.5, 0.6) is 5.75 Å². The summed E-state index contributed by atoms with van der Waals surface area (Å²) in [4.78, 5) is 0. The van der Waals surface area contributed by atoms with Crippen LogP contribution in [0.15, 0.2) is 89.1 Å². The Morgan fingerprint density at radius 1 is 0.630 bits per heavy atom. The van der Waals surface area contributed by atoms with Gasteiger partial charge in [0.25, 0.3) is 0 Å². The van der Waals surface area contributed by atoms with Gasteiger partial charge >= 0.3 is 0 Å². The summed E-state index contributed by atoms with van der Waals surface area (Å²) in [6.45, 7) is 2.99. The predicted octanol–water partition coefficient (Wildman–Crippen LogP) is 7.73. The van der Waals surface area contributed by atoms with E-state index in [0.29, 0.717) is 0 Å². The lowest BCUT2D eigenvalue weighted by atomic mass is 10.1. The van der Waals surface area contributed by atoms with E-state index in [1.807, 2.05) is 54.6 Å². The molecule has 0 unspecified atom stereocenters. The average molecular weight is 358 g/mol. The molecule has 0 saturated carbocycles. The topological polar surface area (TPSA) is 34.0 Å². The van der Waals surface area contributed by atoms with Crippen LogP contribution in [0, 0.1) is 0 Å². The maximum atomic E-state index is 5.75. The van der Waals surface area contributed by atoms with Crippen LogP contribution < -0.4 is 4.74 Å². The summed E-state index contributed by atoms with van der Waals surface area (Å²) in [7, 11) is 0. The van der Waals surface area contributed by atoms with Crippen LogP contribution in [0.1, 0.15) is 32.6 Å². The molecule has 0 bridgehead atoms. The van der Waals surface area contributed by atoms with E-state index in [2.05, 4.69) is 41.4 Å². The highest BCUT2D eigenvalue weighted by atomic mass is 16.5. The largest absolute Gasteiger partial charge is 0.494 e. The van der Waals surface area contributed by atoms with E-state index >= 15 is 0 Å². The number of benzene rings is 3. The molecule has 3 nitrogen and oxygen atoms in total. The Hall–Kier alpha value is -2.94. The maximum absolute atomic E-state index is 5.75. The van der Waals surface area contributed by atoms with Crippen LogP contribution in [0.25, 0.3) is 11.1 Å². The quantitative estimate of drug-likeness (QED) is 0.284. The molecule has 0 aliphatic carbocycles. The number of nitrogens with zero attached hydrogens (tertiary/aromatic N) is 2. The molecule has 0 N–H and O–H groups in total. The fourth-order valence-corrected chi connectivity index (χ4v) is 2.79. The first-order chi connectivity index (χ1) is 13.3. The molecule has 0 radical (unpaired) electrons. The smallest absolute Gasteiger partial charge is 0.119 e. The highest BCUT2D eigenvalue weighted by Gasteiger charge is 1.98. The molecule has 3 rings (SSSR count). The van der Waals surface area contributed by atoms with Gasteiger partial charge < -0.3 is 4.74 Å². The van der Waals surface area contributed by atoms with Gasteiger partial charge in [-0.15, -0.1) is 0 Å². The van der Waals surface area contributed by atoms with E-state index in [0.717, 1.165) is 30.2 Å². The number of azo groups is 1. The first-order valence-electron chi connectivity index (χ1n) is 9.65. The molecule has 27 heavy (non-hydrogen) atoms. The van der Waals surface area contributed by atoms with Crippen molar-refractivity contribution in [3.63, 3.8) is 0 Å². The van der Waals surface area contributed by atoms with E-state index in [9.17, 15) is 0 Å². The van der Waals surface area contributed by atoms with Crippen molar-refractivity contribution in [3.05, 3.63) is 78.9 Å². The van der Waals surface area contributed by atoms with Gasteiger partial charge in [-0.25, -0.2) is 0 Å². The zero-order valence-electron chi connectivity index (χ0n) is 15.8. The second kappa shape index (κ2) is 10.3. The third-order valence-electron chi connectivity index (χ3n) is 4.36. The summed E-state index contributed by atoms with van der Waals surface area (Å²) in [6, 6.07) is 26.2. The van der Waals surface area contributed by atoms with Crippen molar-refractivity contribution < 1.29 is 4.74 Å². The summed E-state index contributed by atoms with van der Waals surface area (Å²) in [5, 5.41) is 8.63. The predicted molar refractivity (Wildman–Crippen MR) is 112 cm³/mol. The number of hydrogen-bond donors (Lipinski definition) is 0. The molecule has 138 valence electrons. The third-order valence-corrected chi connectivity index (χ3v) is 4.36. The van der Waals surface area contributed by atoms with Crippen molar-refractivity contribution in [3.8, 4) is 16.9 Å². The zero-order valence-corrected chi connectivity index (χ0v) is 15.8. The van der Waals surface area contributed by atoms with E-state index in [1.54, 1.807) is 0 Å². The SMILES string of the molecule is CCCCCCOc1ccc(/N=N/c2ccc(-c3ccccc3)cc2)cc1. The molecule has 0 aliphatic rings. The molecule has 3 heteroatoms. The third kappa shape index (κ3) is 6.07. The van der Waals surface area contributed by atoms with Gasteiger partial charge in [-0.1, -0.05) is 68.7 Å². The minimum absolute atomic E-state index is 0.772. The van der Waals surface area contributed by atoms with Crippen LogP contribution >= 0.6 is 0 Å². The fourth-order valence-electron chi connectivity index (χ4n) is 2.79. The van der Waals surface area contributed by atoms with Gasteiger partial charge in [0.1, 0.15) is 5.75 Å². The van der Waals surface area contributed by atoms with Crippen molar-refractivity contribution >= 4 is 11.4 Å². The van der Waals surface area contributed by atoms with Crippen molar-refractivity contribution in [2.75, 3.05) is 6.61 Å². The van der Waals surface area contributed by atoms with Gasteiger partial charge in [0, 0.05) is 0 Å². The van der Waals surface area contributed by atoms with Crippen molar-refractivity contribution in [1.82, 2.24) is 0 Å². The molecule has 0 fully saturated rings. The Bertz CT molecular complexity index is 825. The molecule has 0 amide bonds. The monoisotopic (exact) mass is 358 g/mol. The second-order valence-electron chi connectivity index (χ2n) is 6.52. The highest BCUT2D eigenvalue weighted by molar-refractivity contribution is 5.65. The van der Waals surface area contributed by atoms with Crippen LogP contribution in [-0.2, 0) is 0 Å². The summed E-state index contributed by atoms with van der Waals surface area (Å²) < 4.78 is 5.75. The van der Waals surface area contributed by atoms with Gasteiger partial charge in [-0.05, 0) is 53.9 Å². The Morgan fingerprint density at radius 2 is 1.22 bits per heavy atom. The molecule has 0 heterocycles. The summed E-state index contributed by atoms with van der Waals surface area (Å²) in [5.41, 5.74) is 4.03. The summed E-state index contributed by atoms with van der Waals surface area (Å²) >= 11 is 0. The molecule has 0 aromatic heterocycles. The van der Waals surface area contributed by atoms with Gasteiger partial charge in [-0.2, -0.15) is 10.2 Å². The van der Waals surface area contributed by atoms with Crippen molar-refractivity contribution in [2.24, 2.45) is 10.2 Å². The minimum atomic E-state index is 0.772. The van der Waals surface area contributed by atoms with E-state index in [4.69, 9.17) is 4.74 Å². The van der Waals surface area contributed by atoms with Gasteiger partial charge in [0.2, 0.25) is 0 Å². The number of hydrogen-bond acceptors (Lipinski definition) is 3. The fraction of sp³-hybridized carbons (Fsp3) is 0.250. The Labute approximate surface area is 161 Å². The summed E-state index contributed by atoms with van der Waals surface area (Å²) in [6.07, 6.45) is 4.85. The Kier molecular flexibility index (Phi) is 7.16. The molecule has 3 aromatic carbocycles. The average Bonchev–Trinajstić information content (AvgIpc) is 2.74. The van der Waals surface area contributed by atoms with Crippen LogP contribution in [0.2, 0.25) is 0 Å². The van der Waals surface area contributed by atoms with Crippen molar-refractivity contribution in [2.45, 2.75) is 32.6 Å². The van der Waals surface area contributed by atoms with E-state index < -0.39 is 0 Å². The van der Waals surface area contributed by atoms with E-state index in [-0.39, 0.29) is 0 Å². The Morgan fingerprint density at radius 3 is 1.85 bits per heavy atom. The maximum Gasteiger partial charge on any atom is 0.119 e. The lowest BCUT2D eigenvalue weighted by Crippen LogP contribution is -1.96. The van der Waals surface area contributed by atoms with Crippen LogP contribution in [0.4, 0.5) is 11.4 Å². The van der Waals surface area contributed by atoms with E-state index in [1.165, 1.54) is 30.4 Å². The number of ether oxygens (including phenoxy) is 1.